The summed E-state index contributed by atoms with van der Waals surface area (Å²) in [5.41, 5.74) is 1.23. The maximum absolute atomic E-state index is 12.5. The second-order valence-corrected chi connectivity index (χ2v) is 7.14. The Balaban J connectivity index is 1.77. The van der Waals surface area contributed by atoms with E-state index in [4.69, 9.17) is 16.3 Å². The van der Waals surface area contributed by atoms with Crippen molar-refractivity contribution in [3.05, 3.63) is 34.9 Å². The van der Waals surface area contributed by atoms with E-state index in [0.29, 0.717) is 18.5 Å². The van der Waals surface area contributed by atoms with Gasteiger partial charge in [0.05, 0.1) is 6.61 Å². The molecule has 0 radical (unpaired) electrons. The van der Waals surface area contributed by atoms with E-state index in [-0.39, 0.29) is 5.91 Å². The Bertz CT molecular complexity index is 509. The molecule has 1 fully saturated rings. The normalized spacial score (nSPS) is 21.9. The first-order valence-corrected chi connectivity index (χ1v) is 9.16. The quantitative estimate of drug-likeness (QED) is 0.755. The maximum Gasteiger partial charge on any atom is 0.222 e. The number of hydrogen-bond acceptors (Lipinski definition) is 3. The van der Waals surface area contributed by atoms with Crippen molar-refractivity contribution in [1.82, 2.24) is 9.80 Å². The number of rotatable bonds is 7. The minimum atomic E-state index is 0.272. The average Bonchev–Trinajstić information content (AvgIpc) is 2.55. The molecule has 1 aliphatic rings. The van der Waals surface area contributed by atoms with Gasteiger partial charge in [-0.15, -0.1) is 0 Å². The summed E-state index contributed by atoms with van der Waals surface area (Å²) < 4.78 is 5.19. The van der Waals surface area contributed by atoms with Crippen molar-refractivity contribution >= 4 is 17.5 Å². The molecule has 5 heteroatoms. The summed E-state index contributed by atoms with van der Waals surface area (Å²) in [5, 5.41) is 0.754. The molecule has 1 aromatic carbocycles. The number of aryl methyl sites for hydroxylation is 1. The van der Waals surface area contributed by atoms with Crippen LogP contribution in [0.15, 0.2) is 24.3 Å². The second kappa shape index (κ2) is 9.40. The molecule has 2 unspecified atom stereocenters. The molecule has 0 saturated carbocycles. The van der Waals surface area contributed by atoms with E-state index in [0.717, 1.165) is 44.1 Å². The van der Waals surface area contributed by atoms with Gasteiger partial charge in [0.2, 0.25) is 5.91 Å². The van der Waals surface area contributed by atoms with E-state index in [1.165, 1.54) is 5.56 Å². The van der Waals surface area contributed by atoms with Crippen molar-refractivity contribution in [2.75, 3.05) is 33.4 Å². The number of hydrogen-bond donors (Lipinski definition) is 0. The fraction of sp³-hybridized carbons (Fsp3) is 0.632. The van der Waals surface area contributed by atoms with Crippen molar-refractivity contribution < 1.29 is 9.53 Å². The molecule has 24 heavy (non-hydrogen) atoms. The predicted molar refractivity (Wildman–Crippen MR) is 98.5 cm³/mol. The summed E-state index contributed by atoms with van der Waals surface area (Å²) in [6.07, 6.45) is 2.41. The van der Waals surface area contributed by atoms with Gasteiger partial charge in [-0.25, -0.2) is 0 Å². The Morgan fingerprint density at radius 1 is 1.21 bits per heavy atom. The number of piperazine rings is 1. The predicted octanol–water partition coefficient (Wildman–Crippen LogP) is 3.23. The number of ether oxygens (including phenoxy) is 1. The molecule has 2 rings (SSSR count). The fourth-order valence-corrected chi connectivity index (χ4v) is 3.58. The second-order valence-electron chi connectivity index (χ2n) is 6.71. The van der Waals surface area contributed by atoms with Crippen molar-refractivity contribution in [2.45, 2.75) is 45.2 Å². The molecular formula is C19H29ClN2O2. The molecule has 1 amide bonds. The molecule has 4 nitrogen and oxygen atoms in total. The smallest absolute Gasteiger partial charge is 0.222 e. The third-order valence-electron chi connectivity index (χ3n) is 4.78. The SMILES string of the molecule is COCCN1C(C)CN(C(=O)CCCc2ccc(Cl)cc2)CC1C. The van der Waals surface area contributed by atoms with E-state index in [2.05, 4.69) is 18.7 Å². The monoisotopic (exact) mass is 352 g/mol. The van der Waals surface area contributed by atoms with Crippen LogP contribution in [0.25, 0.3) is 0 Å². The fourth-order valence-electron chi connectivity index (χ4n) is 3.45. The number of carbonyl (C=O) groups is 1. The molecule has 0 bridgehead atoms. The molecule has 2 atom stereocenters. The van der Waals surface area contributed by atoms with E-state index >= 15 is 0 Å². The van der Waals surface area contributed by atoms with Gasteiger partial charge in [0, 0.05) is 50.3 Å². The van der Waals surface area contributed by atoms with Gasteiger partial charge >= 0.3 is 0 Å². The van der Waals surface area contributed by atoms with Crippen LogP contribution in [0, 0.1) is 0 Å². The highest BCUT2D eigenvalue weighted by Crippen LogP contribution is 2.17. The van der Waals surface area contributed by atoms with Crippen LogP contribution in [0.3, 0.4) is 0 Å². The first kappa shape index (κ1) is 19.2. The van der Waals surface area contributed by atoms with Gasteiger partial charge in [-0.2, -0.15) is 0 Å². The van der Waals surface area contributed by atoms with Crippen molar-refractivity contribution in [2.24, 2.45) is 0 Å². The number of halogens is 1. The molecule has 134 valence electrons. The molecule has 0 aliphatic carbocycles. The Morgan fingerprint density at radius 3 is 2.42 bits per heavy atom. The zero-order valence-electron chi connectivity index (χ0n) is 15.0. The van der Waals surface area contributed by atoms with E-state index < -0.39 is 0 Å². The zero-order chi connectivity index (χ0) is 17.5. The minimum Gasteiger partial charge on any atom is -0.383 e. The largest absolute Gasteiger partial charge is 0.383 e. The Labute approximate surface area is 150 Å². The maximum atomic E-state index is 12.5. The summed E-state index contributed by atoms with van der Waals surface area (Å²) in [6.45, 7) is 7.68. The Morgan fingerprint density at radius 2 is 1.83 bits per heavy atom. The molecule has 1 aromatic rings. The number of benzene rings is 1. The van der Waals surface area contributed by atoms with Crippen LogP contribution in [-0.2, 0) is 16.0 Å². The lowest BCUT2D eigenvalue weighted by Crippen LogP contribution is -2.58. The standard InChI is InChI=1S/C19H29ClN2O2/c1-15-13-21(14-16(2)22(15)11-12-24-3)19(23)6-4-5-17-7-9-18(20)10-8-17/h7-10,15-16H,4-6,11-14H2,1-3H3. The summed E-state index contributed by atoms with van der Waals surface area (Å²) >= 11 is 5.90. The molecule has 0 N–H and O–H groups in total. The van der Waals surface area contributed by atoms with Gasteiger partial charge in [0.1, 0.15) is 0 Å². The molecule has 1 aliphatic heterocycles. The van der Waals surface area contributed by atoms with Gasteiger partial charge in [0.25, 0.3) is 0 Å². The summed E-state index contributed by atoms with van der Waals surface area (Å²) in [6, 6.07) is 8.63. The number of nitrogens with zero attached hydrogens (tertiary/aromatic N) is 2. The first-order valence-electron chi connectivity index (χ1n) is 8.78. The van der Waals surface area contributed by atoms with Crippen LogP contribution in [0.5, 0.6) is 0 Å². The van der Waals surface area contributed by atoms with Crippen molar-refractivity contribution in [3.8, 4) is 0 Å². The number of amides is 1. The average molecular weight is 353 g/mol. The Hall–Kier alpha value is -1.10. The summed E-state index contributed by atoms with van der Waals surface area (Å²) in [7, 11) is 1.73. The van der Waals surface area contributed by atoms with E-state index in [1.54, 1.807) is 7.11 Å². The molecule has 0 spiro atoms. The number of methoxy groups -OCH3 is 1. The minimum absolute atomic E-state index is 0.272. The zero-order valence-corrected chi connectivity index (χ0v) is 15.8. The molecule has 0 aromatic heterocycles. The van der Waals surface area contributed by atoms with Gasteiger partial charge in [0.15, 0.2) is 0 Å². The van der Waals surface area contributed by atoms with Crippen LogP contribution in [0.1, 0.15) is 32.3 Å². The first-order chi connectivity index (χ1) is 11.5. The summed E-state index contributed by atoms with van der Waals surface area (Å²) in [5.74, 6) is 0.272. The van der Waals surface area contributed by atoms with Gasteiger partial charge in [-0.05, 0) is 44.4 Å². The summed E-state index contributed by atoms with van der Waals surface area (Å²) in [4.78, 5) is 17.0. The van der Waals surface area contributed by atoms with Crippen LogP contribution >= 0.6 is 11.6 Å². The van der Waals surface area contributed by atoms with Crippen molar-refractivity contribution in [3.63, 3.8) is 0 Å². The lowest BCUT2D eigenvalue weighted by atomic mass is 10.1. The lowest BCUT2D eigenvalue weighted by molar-refractivity contribution is -0.135. The molecular weight excluding hydrogens is 324 g/mol. The molecule has 1 heterocycles. The van der Waals surface area contributed by atoms with Gasteiger partial charge in [-0.3, -0.25) is 9.69 Å². The third-order valence-corrected chi connectivity index (χ3v) is 5.03. The van der Waals surface area contributed by atoms with Gasteiger partial charge in [-0.1, -0.05) is 23.7 Å². The van der Waals surface area contributed by atoms with E-state index in [9.17, 15) is 4.79 Å². The Kier molecular flexibility index (Phi) is 7.53. The van der Waals surface area contributed by atoms with Gasteiger partial charge < -0.3 is 9.64 Å². The molecule has 1 saturated heterocycles. The highest BCUT2D eigenvalue weighted by Gasteiger charge is 2.30. The highest BCUT2D eigenvalue weighted by atomic mass is 35.5. The number of carbonyl (C=O) groups excluding carboxylic acids is 1. The third kappa shape index (κ3) is 5.47. The van der Waals surface area contributed by atoms with E-state index in [1.807, 2.05) is 29.2 Å². The topological polar surface area (TPSA) is 32.8 Å². The van der Waals surface area contributed by atoms with Crippen molar-refractivity contribution in [1.29, 1.82) is 0 Å². The van der Waals surface area contributed by atoms with Crippen LogP contribution in [-0.4, -0.2) is 61.1 Å². The van der Waals surface area contributed by atoms with Crippen LogP contribution < -0.4 is 0 Å². The highest BCUT2D eigenvalue weighted by molar-refractivity contribution is 6.30. The van der Waals surface area contributed by atoms with Crippen LogP contribution in [0.4, 0.5) is 0 Å². The van der Waals surface area contributed by atoms with Crippen LogP contribution in [0.2, 0.25) is 5.02 Å². The lowest BCUT2D eigenvalue weighted by Gasteiger charge is -2.44.